The summed E-state index contributed by atoms with van der Waals surface area (Å²) in [4.78, 5) is 19.3. The highest BCUT2D eigenvalue weighted by Crippen LogP contribution is 2.29. The van der Waals surface area contributed by atoms with E-state index in [9.17, 15) is 4.79 Å². The highest BCUT2D eigenvalue weighted by atomic mass is 35.5. The molecule has 1 saturated carbocycles. The minimum absolute atomic E-state index is 0.0173. The van der Waals surface area contributed by atoms with E-state index in [2.05, 4.69) is 15.3 Å². The number of hydrogen-bond donors (Lipinski definition) is 1. The number of carbonyl (C=O) groups excluding carboxylic acids is 1. The van der Waals surface area contributed by atoms with Crippen molar-refractivity contribution in [2.45, 2.75) is 45.1 Å². The smallest absolute Gasteiger partial charge is 0.222 e. The number of hydrogen-bond acceptors (Lipinski definition) is 3. The summed E-state index contributed by atoms with van der Waals surface area (Å²) in [6, 6.07) is 0.205. The maximum absolute atomic E-state index is 11.2. The molecule has 0 aromatic carbocycles. The third kappa shape index (κ3) is 4.05. The first-order chi connectivity index (χ1) is 9.06. The fourth-order valence-electron chi connectivity index (χ4n) is 2.67. The van der Waals surface area contributed by atoms with E-state index in [4.69, 9.17) is 23.2 Å². The van der Waals surface area contributed by atoms with Gasteiger partial charge in [-0.1, -0.05) is 24.4 Å². The zero-order valence-electron chi connectivity index (χ0n) is 10.8. The number of amides is 1. The SMILES string of the molecule is CC(=O)N[C@@H]1CCCC[C@H]1Cc1nc(Cl)ncc1Cl. The van der Waals surface area contributed by atoms with E-state index in [0.717, 1.165) is 31.4 Å². The molecule has 4 nitrogen and oxygen atoms in total. The highest BCUT2D eigenvalue weighted by Gasteiger charge is 2.27. The summed E-state index contributed by atoms with van der Waals surface area (Å²) in [5.41, 5.74) is 0.768. The van der Waals surface area contributed by atoms with Gasteiger partial charge in [0.15, 0.2) is 0 Å². The molecule has 1 heterocycles. The lowest BCUT2D eigenvalue weighted by molar-refractivity contribution is -0.120. The topological polar surface area (TPSA) is 54.9 Å². The van der Waals surface area contributed by atoms with Gasteiger partial charge in [0.1, 0.15) is 0 Å². The van der Waals surface area contributed by atoms with E-state index in [1.807, 2.05) is 0 Å². The molecule has 0 spiro atoms. The van der Waals surface area contributed by atoms with Crippen molar-refractivity contribution in [3.8, 4) is 0 Å². The van der Waals surface area contributed by atoms with E-state index in [1.54, 1.807) is 6.92 Å². The molecule has 6 heteroatoms. The first-order valence-corrected chi connectivity index (χ1v) is 7.26. The Morgan fingerprint density at radius 3 is 2.89 bits per heavy atom. The number of rotatable bonds is 3. The standard InChI is InChI=1S/C13H17Cl2N3O/c1-8(19)17-11-5-3-2-4-9(11)6-12-10(14)7-16-13(15)18-12/h7,9,11H,2-6H2,1H3,(H,17,19)/t9-,11+/m0/s1. The van der Waals surface area contributed by atoms with Crippen LogP contribution in [0.1, 0.15) is 38.3 Å². The zero-order chi connectivity index (χ0) is 13.8. The van der Waals surface area contributed by atoms with Crippen LogP contribution in [0.2, 0.25) is 10.3 Å². The molecule has 0 unspecified atom stereocenters. The molecule has 2 rings (SSSR count). The van der Waals surface area contributed by atoms with Crippen molar-refractivity contribution in [3.63, 3.8) is 0 Å². The molecule has 0 saturated heterocycles. The van der Waals surface area contributed by atoms with Crippen LogP contribution in [0.5, 0.6) is 0 Å². The Kier molecular flexibility index (Phi) is 4.99. The molecule has 104 valence electrons. The van der Waals surface area contributed by atoms with Gasteiger partial charge in [0.25, 0.3) is 0 Å². The van der Waals surface area contributed by atoms with E-state index >= 15 is 0 Å². The molecule has 1 aliphatic carbocycles. The van der Waals surface area contributed by atoms with Crippen LogP contribution in [-0.4, -0.2) is 21.9 Å². The number of carbonyl (C=O) groups is 1. The van der Waals surface area contributed by atoms with Crippen molar-refractivity contribution in [1.29, 1.82) is 0 Å². The van der Waals surface area contributed by atoms with Gasteiger partial charge in [0, 0.05) is 13.0 Å². The van der Waals surface area contributed by atoms with Gasteiger partial charge in [-0.15, -0.1) is 0 Å². The number of halogens is 2. The van der Waals surface area contributed by atoms with Gasteiger partial charge in [-0.3, -0.25) is 4.79 Å². The maximum atomic E-state index is 11.2. The third-order valence-electron chi connectivity index (χ3n) is 3.54. The average Bonchev–Trinajstić information content (AvgIpc) is 2.35. The lowest BCUT2D eigenvalue weighted by Gasteiger charge is -2.32. The highest BCUT2D eigenvalue weighted by molar-refractivity contribution is 6.31. The Morgan fingerprint density at radius 1 is 1.42 bits per heavy atom. The van der Waals surface area contributed by atoms with Crippen LogP contribution in [0.15, 0.2) is 6.20 Å². The Balaban J connectivity index is 2.10. The molecule has 1 aromatic rings. The lowest BCUT2D eigenvalue weighted by atomic mass is 9.81. The molecule has 1 fully saturated rings. The third-order valence-corrected chi connectivity index (χ3v) is 4.04. The van der Waals surface area contributed by atoms with Gasteiger partial charge >= 0.3 is 0 Å². The largest absolute Gasteiger partial charge is 0.353 e. The summed E-state index contributed by atoms with van der Waals surface area (Å²) in [7, 11) is 0. The summed E-state index contributed by atoms with van der Waals surface area (Å²) in [5.74, 6) is 0.379. The van der Waals surface area contributed by atoms with Crippen molar-refractivity contribution in [2.75, 3.05) is 0 Å². The second kappa shape index (κ2) is 6.53. The van der Waals surface area contributed by atoms with Crippen LogP contribution in [0.4, 0.5) is 0 Å². The molecule has 0 radical (unpaired) electrons. The van der Waals surface area contributed by atoms with Gasteiger partial charge < -0.3 is 5.32 Å². The molecule has 19 heavy (non-hydrogen) atoms. The molecule has 1 aromatic heterocycles. The van der Waals surface area contributed by atoms with Crippen LogP contribution in [0, 0.1) is 5.92 Å². The molecule has 1 amide bonds. The molecule has 0 bridgehead atoms. The normalized spacial score (nSPS) is 23.1. The maximum Gasteiger partial charge on any atom is 0.222 e. The Bertz CT molecular complexity index is 467. The van der Waals surface area contributed by atoms with E-state index < -0.39 is 0 Å². The van der Waals surface area contributed by atoms with E-state index in [1.165, 1.54) is 12.6 Å². The molecule has 0 aliphatic heterocycles. The molecule has 1 aliphatic rings. The molecular formula is C13H17Cl2N3O. The van der Waals surface area contributed by atoms with Crippen LogP contribution < -0.4 is 5.32 Å². The lowest BCUT2D eigenvalue weighted by Crippen LogP contribution is -2.42. The van der Waals surface area contributed by atoms with Crippen molar-refractivity contribution in [2.24, 2.45) is 5.92 Å². The minimum Gasteiger partial charge on any atom is -0.353 e. The Labute approximate surface area is 122 Å². The molecular weight excluding hydrogens is 285 g/mol. The summed E-state index contributed by atoms with van der Waals surface area (Å²) in [5, 5.41) is 3.78. The molecule has 1 N–H and O–H groups in total. The van der Waals surface area contributed by atoms with Crippen LogP contribution in [0.3, 0.4) is 0 Å². The Morgan fingerprint density at radius 2 is 2.16 bits per heavy atom. The number of aromatic nitrogens is 2. The average molecular weight is 302 g/mol. The van der Waals surface area contributed by atoms with Crippen molar-refractivity contribution in [3.05, 3.63) is 22.2 Å². The molecule has 2 atom stereocenters. The van der Waals surface area contributed by atoms with Gasteiger partial charge in [-0.25, -0.2) is 9.97 Å². The second-order valence-electron chi connectivity index (χ2n) is 4.99. The summed E-state index contributed by atoms with van der Waals surface area (Å²) in [6.45, 7) is 1.56. The van der Waals surface area contributed by atoms with Gasteiger partial charge in [0.05, 0.1) is 16.9 Å². The first kappa shape index (κ1) is 14.5. The monoisotopic (exact) mass is 301 g/mol. The van der Waals surface area contributed by atoms with Crippen LogP contribution >= 0.6 is 23.2 Å². The fraction of sp³-hybridized carbons (Fsp3) is 0.615. The van der Waals surface area contributed by atoms with Gasteiger partial charge in [-0.2, -0.15) is 0 Å². The zero-order valence-corrected chi connectivity index (χ0v) is 12.3. The quantitative estimate of drug-likeness (QED) is 0.873. The van der Waals surface area contributed by atoms with Crippen molar-refractivity contribution >= 4 is 29.1 Å². The van der Waals surface area contributed by atoms with E-state index in [0.29, 0.717) is 10.9 Å². The Hall–Kier alpha value is -0.870. The first-order valence-electron chi connectivity index (χ1n) is 6.50. The van der Waals surface area contributed by atoms with Crippen molar-refractivity contribution in [1.82, 2.24) is 15.3 Å². The van der Waals surface area contributed by atoms with Crippen molar-refractivity contribution < 1.29 is 4.79 Å². The minimum atomic E-state index is 0.0173. The number of nitrogens with zero attached hydrogens (tertiary/aromatic N) is 2. The second-order valence-corrected chi connectivity index (χ2v) is 5.73. The summed E-state index contributed by atoms with van der Waals surface area (Å²) < 4.78 is 0. The van der Waals surface area contributed by atoms with Gasteiger partial charge in [-0.05, 0) is 36.8 Å². The predicted octanol–water partition coefficient (Wildman–Crippen LogP) is 3.02. The number of nitrogens with one attached hydrogen (secondary N) is 1. The van der Waals surface area contributed by atoms with Gasteiger partial charge in [0.2, 0.25) is 11.2 Å². The summed E-state index contributed by atoms with van der Waals surface area (Å²) >= 11 is 11.9. The van der Waals surface area contributed by atoms with Crippen LogP contribution in [0.25, 0.3) is 0 Å². The predicted molar refractivity (Wildman–Crippen MR) is 75.3 cm³/mol. The van der Waals surface area contributed by atoms with Crippen LogP contribution in [-0.2, 0) is 11.2 Å². The summed E-state index contributed by atoms with van der Waals surface area (Å²) in [6.07, 6.45) is 6.68. The fourth-order valence-corrected chi connectivity index (χ4v) is 2.99. The van der Waals surface area contributed by atoms with E-state index in [-0.39, 0.29) is 17.2 Å².